The molecule has 0 fully saturated rings. The molecule has 0 saturated heterocycles. The van der Waals surface area contributed by atoms with Crippen LogP contribution in [0.1, 0.15) is 18.9 Å². The number of pyridine rings is 1. The normalized spacial score (nSPS) is 11.4. The average Bonchev–Trinajstić information content (AvgIpc) is 2.43. The Balaban J connectivity index is 2.31. The van der Waals surface area contributed by atoms with E-state index < -0.39 is 0 Å². The zero-order valence-electron chi connectivity index (χ0n) is 11.1. The first-order chi connectivity index (χ1) is 9.26. The molecule has 0 saturated carbocycles. The Morgan fingerprint density at radius 3 is 2.84 bits per heavy atom. The van der Waals surface area contributed by atoms with Crippen LogP contribution in [0.3, 0.4) is 0 Å². The second-order valence-electron chi connectivity index (χ2n) is 4.61. The number of benzene rings is 1. The number of nitrogens with zero attached hydrogens (tertiary/aromatic N) is 2. The first kappa shape index (κ1) is 13.9. The predicted octanol–water partition coefficient (Wildman–Crippen LogP) is 2.58. The van der Waals surface area contributed by atoms with Crippen LogP contribution in [0.15, 0.2) is 30.5 Å². The second-order valence-corrected chi connectivity index (χ2v) is 4.61. The standard InChI is InChI=1S/C15H19FN2O/c1-2-8-18(9-10-19)11-12-5-6-14(16)13-4-3-7-17-15(12)13/h3-7,19H,2,8-11H2,1H3. The minimum absolute atomic E-state index is 0.132. The Morgan fingerprint density at radius 1 is 1.26 bits per heavy atom. The number of hydrogen-bond donors (Lipinski definition) is 1. The number of hydrogen-bond acceptors (Lipinski definition) is 3. The van der Waals surface area contributed by atoms with Gasteiger partial charge in [-0.2, -0.15) is 0 Å². The number of fused-ring (bicyclic) bond motifs is 1. The SMILES string of the molecule is CCCN(CCO)Cc1ccc(F)c2cccnc12. The van der Waals surface area contributed by atoms with Gasteiger partial charge in [0.15, 0.2) is 0 Å². The third-order valence-electron chi connectivity index (χ3n) is 3.15. The van der Waals surface area contributed by atoms with Crippen molar-refractivity contribution >= 4 is 10.9 Å². The van der Waals surface area contributed by atoms with Crippen molar-refractivity contribution in [2.45, 2.75) is 19.9 Å². The van der Waals surface area contributed by atoms with E-state index in [1.165, 1.54) is 6.07 Å². The van der Waals surface area contributed by atoms with Crippen molar-refractivity contribution in [3.63, 3.8) is 0 Å². The van der Waals surface area contributed by atoms with E-state index in [2.05, 4.69) is 16.8 Å². The van der Waals surface area contributed by atoms with E-state index in [9.17, 15) is 4.39 Å². The molecule has 0 bridgehead atoms. The first-order valence-corrected chi connectivity index (χ1v) is 6.61. The molecule has 2 rings (SSSR count). The monoisotopic (exact) mass is 262 g/mol. The van der Waals surface area contributed by atoms with Crippen LogP contribution in [0, 0.1) is 5.82 Å². The van der Waals surface area contributed by atoms with Crippen LogP contribution >= 0.6 is 0 Å². The Hall–Kier alpha value is -1.52. The van der Waals surface area contributed by atoms with Gasteiger partial charge in [-0.1, -0.05) is 13.0 Å². The van der Waals surface area contributed by atoms with Crippen LogP contribution in [-0.2, 0) is 6.54 Å². The zero-order valence-corrected chi connectivity index (χ0v) is 11.1. The third-order valence-corrected chi connectivity index (χ3v) is 3.15. The molecule has 102 valence electrons. The molecular weight excluding hydrogens is 243 g/mol. The van der Waals surface area contributed by atoms with Gasteiger partial charge in [0.25, 0.3) is 0 Å². The van der Waals surface area contributed by atoms with Crippen molar-refractivity contribution in [3.8, 4) is 0 Å². The van der Waals surface area contributed by atoms with Gasteiger partial charge in [0, 0.05) is 24.7 Å². The molecule has 2 aromatic rings. The van der Waals surface area contributed by atoms with E-state index in [0.717, 1.165) is 18.5 Å². The largest absolute Gasteiger partial charge is 0.395 e. The summed E-state index contributed by atoms with van der Waals surface area (Å²) >= 11 is 0. The summed E-state index contributed by atoms with van der Waals surface area (Å²) in [5.41, 5.74) is 1.71. The molecule has 1 aromatic carbocycles. The summed E-state index contributed by atoms with van der Waals surface area (Å²) in [5.74, 6) is -0.240. The fraction of sp³-hybridized carbons (Fsp3) is 0.400. The van der Waals surface area contributed by atoms with E-state index in [1.807, 2.05) is 0 Å². The maximum atomic E-state index is 13.7. The van der Waals surface area contributed by atoms with Crippen LogP contribution in [-0.4, -0.2) is 34.7 Å². The van der Waals surface area contributed by atoms with E-state index in [4.69, 9.17) is 5.11 Å². The van der Waals surface area contributed by atoms with E-state index in [0.29, 0.717) is 24.0 Å². The molecule has 0 spiro atoms. The lowest BCUT2D eigenvalue weighted by Crippen LogP contribution is -2.27. The summed E-state index contributed by atoms with van der Waals surface area (Å²) < 4.78 is 13.7. The third kappa shape index (κ3) is 3.28. The summed E-state index contributed by atoms with van der Waals surface area (Å²) in [7, 11) is 0. The summed E-state index contributed by atoms with van der Waals surface area (Å²) in [6.07, 6.45) is 2.70. The molecule has 1 N–H and O–H groups in total. The van der Waals surface area contributed by atoms with Crippen LogP contribution in [0.25, 0.3) is 10.9 Å². The molecule has 0 radical (unpaired) electrons. The van der Waals surface area contributed by atoms with E-state index >= 15 is 0 Å². The summed E-state index contributed by atoms with van der Waals surface area (Å²) in [5, 5.41) is 9.64. The maximum Gasteiger partial charge on any atom is 0.132 e. The number of aromatic nitrogens is 1. The van der Waals surface area contributed by atoms with E-state index in [-0.39, 0.29) is 12.4 Å². The van der Waals surface area contributed by atoms with Gasteiger partial charge in [0.1, 0.15) is 5.82 Å². The molecule has 0 aliphatic heterocycles. The van der Waals surface area contributed by atoms with Gasteiger partial charge < -0.3 is 5.11 Å². The number of aliphatic hydroxyl groups excluding tert-OH is 1. The lowest BCUT2D eigenvalue weighted by atomic mass is 10.1. The van der Waals surface area contributed by atoms with Crippen molar-refractivity contribution < 1.29 is 9.50 Å². The first-order valence-electron chi connectivity index (χ1n) is 6.61. The van der Waals surface area contributed by atoms with Crippen molar-refractivity contribution in [2.75, 3.05) is 19.7 Å². The predicted molar refractivity (Wildman–Crippen MR) is 74.4 cm³/mol. The maximum absolute atomic E-state index is 13.7. The van der Waals surface area contributed by atoms with Gasteiger partial charge in [-0.3, -0.25) is 9.88 Å². The van der Waals surface area contributed by atoms with E-state index in [1.54, 1.807) is 24.4 Å². The Kier molecular flexibility index (Phi) is 4.82. The molecule has 4 heteroatoms. The van der Waals surface area contributed by atoms with Crippen LogP contribution < -0.4 is 0 Å². The summed E-state index contributed by atoms with van der Waals surface area (Å²) in [6, 6.07) is 6.76. The highest BCUT2D eigenvalue weighted by atomic mass is 19.1. The topological polar surface area (TPSA) is 36.4 Å². The number of aliphatic hydroxyl groups is 1. The molecule has 3 nitrogen and oxygen atoms in total. The average molecular weight is 262 g/mol. The number of rotatable bonds is 6. The number of halogens is 1. The molecule has 0 amide bonds. The molecule has 0 unspecified atom stereocenters. The summed E-state index contributed by atoms with van der Waals surface area (Å²) in [4.78, 5) is 6.44. The minimum Gasteiger partial charge on any atom is -0.395 e. The molecule has 1 aromatic heterocycles. The second kappa shape index (κ2) is 6.59. The van der Waals surface area contributed by atoms with Gasteiger partial charge in [-0.15, -0.1) is 0 Å². The van der Waals surface area contributed by atoms with Crippen LogP contribution in [0.5, 0.6) is 0 Å². The van der Waals surface area contributed by atoms with Gasteiger partial charge >= 0.3 is 0 Å². The molecular formula is C15H19FN2O. The quantitative estimate of drug-likeness (QED) is 0.869. The zero-order chi connectivity index (χ0) is 13.7. The molecule has 0 atom stereocenters. The lowest BCUT2D eigenvalue weighted by molar-refractivity contribution is 0.191. The molecule has 1 heterocycles. The van der Waals surface area contributed by atoms with Gasteiger partial charge in [0.2, 0.25) is 0 Å². The highest BCUT2D eigenvalue weighted by Crippen LogP contribution is 2.20. The van der Waals surface area contributed by atoms with Crippen LogP contribution in [0.4, 0.5) is 4.39 Å². The Bertz CT molecular complexity index is 539. The Labute approximate surface area is 112 Å². The highest BCUT2D eigenvalue weighted by Gasteiger charge is 2.10. The smallest absolute Gasteiger partial charge is 0.132 e. The lowest BCUT2D eigenvalue weighted by Gasteiger charge is -2.21. The van der Waals surface area contributed by atoms with Gasteiger partial charge in [-0.05, 0) is 36.7 Å². The van der Waals surface area contributed by atoms with Crippen molar-refractivity contribution in [1.82, 2.24) is 9.88 Å². The van der Waals surface area contributed by atoms with Crippen molar-refractivity contribution in [1.29, 1.82) is 0 Å². The van der Waals surface area contributed by atoms with Crippen LogP contribution in [0.2, 0.25) is 0 Å². The van der Waals surface area contributed by atoms with Crippen molar-refractivity contribution in [3.05, 3.63) is 41.8 Å². The van der Waals surface area contributed by atoms with Gasteiger partial charge in [0.05, 0.1) is 12.1 Å². The fourth-order valence-electron chi connectivity index (χ4n) is 2.29. The minimum atomic E-state index is -0.240. The van der Waals surface area contributed by atoms with Gasteiger partial charge in [-0.25, -0.2) is 4.39 Å². The fourth-order valence-corrected chi connectivity index (χ4v) is 2.29. The van der Waals surface area contributed by atoms with Crippen molar-refractivity contribution in [2.24, 2.45) is 0 Å². The molecule has 0 aliphatic rings. The molecule has 19 heavy (non-hydrogen) atoms. The molecule has 0 aliphatic carbocycles. The summed E-state index contributed by atoms with van der Waals surface area (Å²) in [6.45, 7) is 4.45. The Morgan fingerprint density at radius 2 is 2.11 bits per heavy atom. The highest BCUT2D eigenvalue weighted by molar-refractivity contribution is 5.82.